The van der Waals surface area contributed by atoms with Crippen LogP contribution >= 0.6 is 0 Å². The monoisotopic (exact) mass is 251 g/mol. The first-order chi connectivity index (χ1) is 8.66. The normalized spacial score (nSPS) is 10.3. The van der Waals surface area contributed by atoms with Gasteiger partial charge in [0.05, 0.1) is 11.8 Å². The van der Waals surface area contributed by atoms with Gasteiger partial charge in [-0.05, 0) is 6.07 Å². The van der Waals surface area contributed by atoms with E-state index >= 15 is 0 Å². The molecule has 2 aromatic heterocycles. The third kappa shape index (κ3) is 2.78. The summed E-state index contributed by atoms with van der Waals surface area (Å²) in [7, 11) is 0. The SMILES string of the molecule is Nc1ncc(F)cc1C(=O)NCCc1ncon1. The Balaban J connectivity index is 1.93. The van der Waals surface area contributed by atoms with E-state index in [1.807, 2.05) is 0 Å². The second kappa shape index (κ2) is 5.21. The number of carbonyl (C=O) groups is 1. The number of halogens is 1. The minimum Gasteiger partial charge on any atom is -0.383 e. The molecule has 0 aliphatic rings. The number of nitrogens with zero attached hydrogens (tertiary/aromatic N) is 3. The van der Waals surface area contributed by atoms with Crippen molar-refractivity contribution in [1.29, 1.82) is 0 Å². The Morgan fingerprint density at radius 1 is 1.50 bits per heavy atom. The van der Waals surface area contributed by atoms with Crippen LogP contribution in [0.4, 0.5) is 10.2 Å². The molecule has 0 aromatic carbocycles. The molecule has 7 nitrogen and oxygen atoms in total. The van der Waals surface area contributed by atoms with Crippen molar-refractivity contribution in [1.82, 2.24) is 20.4 Å². The van der Waals surface area contributed by atoms with Crippen LogP contribution in [0.15, 0.2) is 23.2 Å². The van der Waals surface area contributed by atoms with E-state index in [0.717, 1.165) is 12.3 Å². The molecule has 94 valence electrons. The lowest BCUT2D eigenvalue weighted by molar-refractivity contribution is 0.0954. The number of aromatic nitrogens is 3. The van der Waals surface area contributed by atoms with Gasteiger partial charge in [-0.15, -0.1) is 0 Å². The molecule has 1 amide bonds. The molecule has 0 atom stereocenters. The molecule has 18 heavy (non-hydrogen) atoms. The number of amides is 1. The molecule has 0 fully saturated rings. The number of hydrogen-bond donors (Lipinski definition) is 2. The van der Waals surface area contributed by atoms with E-state index in [9.17, 15) is 9.18 Å². The van der Waals surface area contributed by atoms with Crippen molar-refractivity contribution in [2.75, 3.05) is 12.3 Å². The first-order valence-electron chi connectivity index (χ1n) is 5.11. The zero-order valence-corrected chi connectivity index (χ0v) is 9.26. The van der Waals surface area contributed by atoms with Crippen LogP contribution in [0.1, 0.15) is 16.2 Å². The number of hydrogen-bond acceptors (Lipinski definition) is 6. The number of nitrogen functional groups attached to an aromatic ring is 1. The maximum atomic E-state index is 12.9. The molecule has 0 saturated carbocycles. The third-order valence-corrected chi connectivity index (χ3v) is 2.17. The van der Waals surface area contributed by atoms with E-state index in [2.05, 4.69) is 25.0 Å². The molecular formula is C10H10FN5O2. The largest absolute Gasteiger partial charge is 0.383 e. The number of rotatable bonds is 4. The number of anilines is 1. The fourth-order valence-electron chi connectivity index (χ4n) is 1.32. The van der Waals surface area contributed by atoms with Gasteiger partial charge in [0.1, 0.15) is 11.6 Å². The van der Waals surface area contributed by atoms with Gasteiger partial charge < -0.3 is 15.6 Å². The van der Waals surface area contributed by atoms with Crippen molar-refractivity contribution in [3.05, 3.63) is 35.9 Å². The van der Waals surface area contributed by atoms with Crippen molar-refractivity contribution in [3.8, 4) is 0 Å². The Morgan fingerprint density at radius 2 is 2.33 bits per heavy atom. The Kier molecular flexibility index (Phi) is 3.46. The minimum atomic E-state index is -0.618. The lowest BCUT2D eigenvalue weighted by Crippen LogP contribution is -2.27. The van der Waals surface area contributed by atoms with Gasteiger partial charge >= 0.3 is 0 Å². The fraction of sp³-hybridized carbons (Fsp3) is 0.200. The summed E-state index contributed by atoms with van der Waals surface area (Å²) in [5.41, 5.74) is 5.48. The topological polar surface area (TPSA) is 107 Å². The molecule has 0 aliphatic heterocycles. The summed E-state index contributed by atoms with van der Waals surface area (Å²) in [6, 6.07) is 1.03. The summed E-state index contributed by atoms with van der Waals surface area (Å²) in [5.74, 6) is -0.662. The minimum absolute atomic E-state index is 0.00288. The van der Waals surface area contributed by atoms with Crippen LogP contribution < -0.4 is 11.1 Å². The van der Waals surface area contributed by atoms with Crippen LogP contribution in [-0.4, -0.2) is 27.6 Å². The van der Waals surface area contributed by atoms with Crippen LogP contribution in [0.5, 0.6) is 0 Å². The lowest BCUT2D eigenvalue weighted by Gasteiger charge is -2.05. The first-order valence-corrected chi connectivity index (χ1v) is 5.11. The van der Waals surface area contributed by atoms with E-state index in [1.165, 1.54) is 6.39 Å². The predicted octanol–water partition coefficient (Wildman–Crippen LogP) is 0.158. The molecule has 0 unspecified atom stereocenters. The molecule has 0 spiro atoms. The number of pyridine rings is 1. The van der Waals surface area contributed by atoms with Crippen molar-refractivity contribution in [3.63, 3.8) is 0 Å². The van der Waals surface area contributed by atoms with Crippen molar-refractivity contribution >= 4 is 11.7 Å². The lowest BCUT2D eigenvalue weighted by atomic mass is 10.2. The quantitative estimate of drug-likeness (QED) is 0.801. The Hall–Kier alpha value is -2.51. The van der Waals surface area contributed by atoms with Crippen LogP contribution in [-0.2, 0) is 6.42 Å². The summed E-state index contributed by atoms with van der Waals surface area (Å²) in [5, 5.41) is 6.14. The predicted molar refractivity (Wildman–Crippen MR) is 58.9 cm³/mol. The molecule has 0 radical (unpaired) electrons. The van der Waals surface area contributed by atoms with Gasteiger partial charge in [0.15, 0.2) is 5.82 Å². The maximum Gasteiger partial charge on any atom is 0.255 e. The van der Waals surface area contributed by atoms with Gasteiger partial charge in [0.2, 0.25) is 6.39 Å². The number of carbonyl (C=O) groups excluding carboxylic acids is 1. The summed E-state index contributed by atoms with van der Waals surface area (Å²) in [4.78, 5) is 19.0. The summed E-state index contributed by atoms with van der Waals surface area (Å²) in [6.45, 7) is 0.286. The van der Waals surface area contributed by atoms with Gasteiger partial charge in [-0.3, -0.25) is 4.79 Å². The fourth-order valence-corrected chi connectivity index (χ4v) is 1.32. The highest BCUT2D eigenvalue weighted by Crippen LogP contribution is 2.09. The highest BCUT2D eigenvalue weighted by molar-refractivity contribution is 5.98. The average Bonchev–Trinajstić information content (AvgIpc) is 2.85. The Morgan fingerprint density at radius 3 is 3.06 bits per heavy atom. The standard InChI is InChI=1S/C10H10FN5O2/c11-6-3-7(9(12)14-4-6)10(17)13-2-1-8-15-5-18-16-8/h3-5H,1-2H2,(H2,12,14)(H,13,17). The zero-order valence-electron chi connectivity index (χ0n) is 9.26. The summed E-state index contributed by atoms with van der Waals surface area (Å²) < 4.78 is 17.5. The Bertz CT molecular complexity index is 543. The molecule has 2 rings (SSSR count). The summed E-state index contributed by atoms with van der Waals surface area (Å²) in [6.07, 6.45) is 2.56. The maximum absolute atomic E-state index is 12.9. The second-order valence-corrected chi connectivity index (χ2v) is 3.44. The van der Waals surface area contributed by atoms with E-state index in [4.69, 9.17) is 5.73 Å². The molecular weight excluding hydrogens is 241 g/mol. The van der Waals surface area contributed by atoms with E-state index in [1.54, 1.807) is 0 Å². The number of nitrogens with two attached hydrogens (primary N) is 1. The smallest absolute Gasteiger partial charge is 0.255 e. The molecule has 0 aliphatic carbocycles. The van der Waals surface area contributed by atoms with Crippen molar-refractivity contribution in [2.45, 2.75) is 6.42 Å². The number of nitrogens with one attached hydrogen (secondary N) is 1. The van der Waals surface area contributed by atoms with E-state index in [0.29, 0.717) is 12.2 Å². The van der Waals surface area contributed by atoms with E-state index < -0.39 is 11.7 Å². The molecule has 3 N–H and O–H groups in total. The molecule has 0 saturated heterocycles. The molecule has 2 heterocycles. The van der Waals surface area contributed by atoms with Crippen molar-refractivity contribution in [2.24, 2.45) is 0 Å². The molecule has 0 bridgehead atoms. The Labute approximate surface area is 101 Å². The third-order valence-electron chi connectivity index (χ3n) is 2.17. The van der Waals surface area contributed by atoms with Crippen LogP contribution in [0.2, 0.25) is 0 Å². The van der Waals surface area contributed by atoms with Crippen LogP contribution in [0.25, 0.3) is 0 Å². The van der Waals surface area contributed by atoms with Gasteiger partial charge in [0.25, 0.3) is 5.91 Å². The van der Waals surface area contributed by atoms with Crippen LogP contribution in [0.3, 0.4) is 0 Å². The van der Waals surface area contributed by atoms with Crippen molar-refractivity contribution < 1.29 is 13.7 Å². The van der Waals surface area contributed by atoms with Gasteiger partial charge in [-0.25, -0.2) is 9.37 Å². The molecule has 8 heteroatoms. The molecule has 2 aromatic rings. The van der Waals surface area contributed by atoms with E-state index in [-0.39, 0.29) is 17.9 Å². The van der Waals surface area contributed by atoms with Crippen LogP contribution in [0, 0.1) is 5.82 Å². The highest BCUT2D eigenvalue weighted by Gasteiger charge is 2.11. The van der Waals surface area contributed by atoms with Gasteiger partial charge in [-0.1, -0.05) is 5.16 Å². The zero-order chi connectivity index (χ0) is 13.0. The van der Waals surface area contributed by atoms with Gasteiger partial charge in [-0.2, -0.15) is 4.98 Å². The first kappa shape index (κ1) is 12.0. The highest BCUT2D eigenvalue weighted by atomic mass is 19.1. The van der Waals surface area contributed by atoms with Gasteiger partial charge in [0, 0.05) is 13.0 Å². The second-order valence-electron chi connectivity index (χ2n) is 3.44. The summed E-state index contributed by atoms with van der Waals surface area (Å²) >= 11 is 0. The average molecular weight is 251 g/mol.